The van der Waals surface area contributed by atoms with Gasteiger partial charge < -0.3 is 19.1 Å². The molecule has 4 heteroatoms. The van der Waals surface area contributed by atoms with Crippen molar-refractivity contribution in [3.05, 3.63) is 53.1 Å². The lowest BCUT2D eigenvalue weighted by Gasteiger charge is -2.31. The number of nitrogens with zero attached hydrogens (tertiary/aromatic N) is 1. The Bertz CT molecular complexity index is 800. The maximum atomic E-state index is 6.07. The van der Waals surface area contributed by atoms with Crippen molar-refractivity contribution in [1.82, 2.24) is 0 Å². The van der Waals surface area contributed by atoms with Crippen LogP contribution in [0.1, 0.15) is 48.5 Å². The number of ether oxygens (including phenoxy) is 3. The quantitative estimate of drug-likeness (QED) is 0.813. The molecule has 1 fully saturated rings. The molecule has 2 aromatic carbocycles. The van der Waals surface area contributed by atoms with E-state index in [9.17, 15) is 0 Å². The maximum absolute atomic E-state index is 6.07. The van der Waals surface area contributed by atoms with Crippen molar-refractivity contribution in [3.8, 4) is 11.5 Å². The van der Waals surface area contributed by atoms with Gasteiger partial charge in [0.2, 0.25) is 6.79 Å². The first-order chi connectivity index (χ1) is 12.3. The zero-order valence-corrected chi connectivity index (χ0v) is 14.5. The van der Waals surface area contributed by atoms with Crippen molar-refractivity contribution in [2.24, 2.45) is 0 Å². The van der Waals surface area contributed by atoms with Gasteiger partial charge in [0.1, 0.15) is 0 Å². The van der Waals surface area contributed by atoms with Gasteiger partial charge in [-0.15, -0.1) is 0 Å². The summed E-state index contributed by atoms with van der Waals surface area (Å²) >= 11 is 0. The van der Waals surface area contributed by atoms with Crippen LogP contribution in [0, 0.1) is 0 Å². The number of hydrogen-bond acceptors (Lipinski definition) is 4. The molecular weight excluding hydrogens is 314 g/mol. The van der Waals surface area contributed by atoms with Gasteiger partial charge >= 0.3 is 0 Å². The molecule has 2 aromatic rings. The van der Waals surface area contributed by atoms with E-state index >= 15 is 0 Å². The van der Waals surface area contributed by atoms with E-state index < -0.39 is 0 Å². The van der Waals surface area contributed by atoms with Crippen LogP contribution < -0.4 is 14.4 Å². The summed E-state index contributed by atoms with van der Waals surface area (Å²) in [5, 5.41) is 0. The molecule has 0 spiro atoms. The van der Waals surface area contributed by atoms with Gasteiger partial charge in [-0.25, -0.2) is 0 Å². The van der Waals surface area contributed by atoms with Gasteiger partial charge in [0.05, 0.1) is 12.7 Å². The van der Waals surface area contributed by atoms with Crippen molar-refractivity contribution in [1.29, 1.82) is 0 Å². The standard InChI is InChI=1S/C21H23NO3/c1-14-19-6-4-16(15-2-3-15)10-17(19)12-22(8-9-23-14)18-5-7-20-21(11-18)25-13-24-20/h4-7,10-11,14-15H,2-3,8-9,12-13H2,1H3. The summed E-state index contributed by atoms with van der Waals surface area (Å²) in [5.74, 6) is 2.43. The fraction of sp³-hybridized carbons (Fsp3) is 0.429. The van der Waals surface area contributed by atoms with Crippen molar-refractivity contribution >= 4 is 5.69 Å². The van der Waals surface area contributed by atoms with Gasteiger partial charge in [-0.1, -0.05) is 18.2 Å². The number of fused-ring (bicyclic) bond motifs is 2. The lowest BCUT2D eigenvalue weighted by Crippen LogP contribution is -2.30. The predicted molar refractivity (Wildman–Crippen MR) is 96.4 cm³/mol. The summed E-state index contributed by atoms with van der Waals surface area (Å²) in [6.07, 6.45) is 2.81. The highest BCUT2D eigenvalue weighted by molar-refractivity contribution is 5.58. The summed E-state index contributed by atoms with van der Waals surface area (Å²) in [5.41, 5.74) is 5.34. The highest BCUT2D eigenvalue weighted by Crippen LogP contribution is 2.42. The van der Waals surface area contributed by atoms with Crippen LogP contribution in [-0.2, 0) is 11.3 Å². The molecule has 2 aliphatic heterocycles. The molecule has 3 aliphatic rings. The molecule has 1 atom stereocenters. The van der Waals surface area contributed by atoms with E-state index in [0.29, 0.717) is 6.79 Å². The molecule has 4 nitrogen and oxygen atoms in total. The van der Waals surface area contributed by atoms with Crippen LogP contribution in [-0.4, -0.2) is 19.9 Å². The maximum Gasteiger partial charge on any atom is 0.231 e. The van der Waals surface area contributed by atoms with Crippen LogP contribution in [0.15, 0.2) is 36.4 Å². The summed E-state index contributed by atoms with van der Waals surface area (Å²) < 4.78 is 17.1. The minimum absolute atomic E-state index is 0.155. The van der Waals surface area contributed by atoms with E-state index in [0.717, 1.165) is 42.8 Å². The van der Waals surface area contributed by atoms with Crippen molar-refractivity contribution < 1.29 is 14.2 Å². The Balaban J connectivity index is 1.49. The van der Waals surface area contributed by atoms with Gasteiger partial charge in [-0.05, 0) is 54.5 Å². The Morgan fingerprint density at radius 1 is 1.00 bits per heavy atom. The molecule has 0 saturated heterocycles. The fourth-order valence-electron chi connectivity index (χ4n) is 3.85. The van der Waals surface area contributed by atoms with Gasteiger partial charge in [-0.2, -0.15) is 0 Å². The summed E-state index contributed by atoms with van der Waals surface area (Å²) in [7, 11) is 0. The molecule has 0 bridgehead atoms. The average Bonchev–Trinajstić information content (AvgIpc) is 3.36. The second-order valence-electron chi connectivity index (χ2n) is 7.20. The third kappa shape index (κ3) is 2.85. The van der Waals surface area contributed by atoms with Crippen LogP contribution in [0.5, 0.6) is 11.5 Å². The largest absolute Gasteiger partial charge is 0.454 e. The summed E-state index contributed by atoms with van der Waals surface area (Å²) in [6.45, 7) is 4.97. The van der Waals surface area contributed by atoms with E-state index in [1.165, 1.54) is 29.5 Å². The molecule has 0 amide bonds. The van der Waals surface area contributed by atoms with Crippen molar-refractivity contribution in [2.75, 3.05) is 24.8 Å². The van der Waals surface area contributed by atoms with Crippen LogP contribution >= 0.6 is 0 Å². The van der Waals surface area contributed by atoms with E-state index in [2.05, 4.69) is 42.2 Å². The number of hydrogen-bond donors (Lipinski definition) is 0. The molecule has 0 aromatic heterocycles. The third-order valence-electron chi connectivity index (χ3n) is 5.47. The highest BCUT2D eigenvalue weighted by Gasteiger charge is 2.26. The molecule has 0 radical (unpaired) electrons. The first kappa shape index (κ1) is 15.1. The molecule has 1 saturated carbocycles. The predicted octanol–water partition coefficient (Wildman–Crippen LogP) is 4.39. The van der Waals surface area contributed by atoms with E-state index in [4.69, 9.17) is 14.2 Å². The Morgan fingerprint density at radius 3 is 2.76 bits per heavy atom. The first-order valence-corrected chi connectivity index (χ1v) is 9.17. The lowest BCUT2D eigenvalue weighted by atomic mass is 9.97. The average molecular weight is 337 g/mol. The first-order valence-electron chi connectivity index (χ1n) is 9.17. The van der Waals surface area contributed by atoms with E-state index in [-0.39, 0.29) is 6.10 Å². The Morgan fingerprint density at radius 2 is 1.88 bits per heavy atom. The minimum atomic E-state index is 0.155. The van der Waals surface area contributed by atoms with Gasteiger partial charge in [0.25, 0.3) is 0 Å². The third-order valence-corrected chi connectivity index (χ3v) is 5.47. The SMILES string of the molecule is CC1OCCN(c2ccc3c(c2)OCO3)Cc2cc(C3CC3)ccc21. The number of rotatable bonds is 2. The van der Waals surface area contributed by atoms with Gasteiger partial charge in [-0.3, -0.25) is 0 Å². The Kier molecular flexibility index (Phi) is 3.59. The number of anilines is 1. The Labute approximate surface area is 148 Å². The van der Waals surface area contributed by atoms with Crippen molar-refractivity contribution in [2.45, 2.75) is 38.3 Å². The lowest BCUT2D eigenvalue weighted by molar-refractivity contribution is 0.0672. The van der Waals surface area contributed by atoms with Crippen LogP contribution in [0.4, 0.5) is 5.69 Å². The summed E-state index contributed by atoms with van der Waals surface area (Å²) in [6, 6.07) is 13.2. The van der Waals surface area contributed by atoms with Crippen LogP contribution in [0.25, 0.3) is 0 Å². The minimum Gasteiger partial charge on any atom is -0.454 e. The molecule has 130 valence electrons. The van der Waals surface area contributed by atoms with Gasteiger partial charge in [0, 0.05) is 24.8 Å². The summed E-state index contributed by atoms with van der Waals surface area (Å²) in [4.78, 5) is 2.38. The second-order valence-corrected chi connectivity index (χ2v) is 7.20. The molecule has 2 heterocycles. The molecular formula is C21H23NO3. The fourth-order valence-corrected chi connectivity index (χ4v) is 3.85. The van der Waals surface area contributed by atoms with Crippen LogP contribution in [0.2, 0.25) is 0 Å². The number of benzene rings is 2. The van der Waals surface area contributed by atoms with E-state index in [1.54, 1.807) is 0 Å². The zero-order chi connectivity index (χ0) is 16.8. The molecule has 1 aliphatic carbocycles. The van der Waals surface area contributed by atoms with Gasteiger partial charge in [0.15, 0.2) is 11.5 Å². The monoisotopic (exact) mass is 337 g/mol. The molecule has 5 rings (SSSR count). The smallest absolute Gasteiger partial charge is 0.231 e. The van der Waals surface area contributed by atoms with Crippen LogP contribution in [0.3, 0.4) is 0 Å². The topological polar surface area (TPSA) is 30.9 Å². The molecule has 1 unspecified atom stereocenters. The normalized spacial score (nSPS) is 22.3. The highest BCUT2D eigenvalue weighted by atomic mass is 16.7. The van der Waals surface area contributed by atoms with E-state index in [1.807, 2.05) is 6.07 Å². The molecule has 0 N–H and O–H groups in total. The second kappa shape index (κ2) is 5.95. The molecule has 25 heavy (non-hydrogen) atoms. The van der Waals surface area contributed by atoms with Crippen molar-refractivity contribution in [3.63, 3.8) is 0 Å². The zero-order valence-electron chi connectivity index (χ0n) is 14.5. The Hall–Kier alpha value is -2.20.